The smallest absolute Gasteiger partial charge is 0.238 e. The number of nitrogens with one attached hydrogen (secondary N) is 2. The van der Waals surface area contributed by atoms with Gasteiger partial charge in [0.1, 0.15) is 5.75 Å². The first kappa shape index (κ1) is 17.5. The minimum absolute atomic E-state index is 0.0192. The molecule has 0 bridgehead atoms. The summed E-state index contributed by atoms with van der Waals surface area (Å²) in [6.07, 6.45) is 7.61. The van der Waals surface area contributed by atoms with Gasteiger partial charge in [0.2, 0.25) is 5.91 Å². The van der Waals surface area contributed by atoms with Gasteiger partial charge in [-0.05, 0) is 25.1 Å². The number of carbonyl (C=O) groups is 1. The summed E-state index contributed by atoms with van der Waals surface area (Å²) in [6.45, 7) is 3.48. The van der Waals surface area contributed by atoms with E-state index in [-0.39, 0.29) is 5.91 Å². The molecule has 2 N–H and O–H groups in total. The van der Waals surface area contributed by atoms with Gasteiger partial charge in [-0.3, -0.25) is 4.79 Å². The quantitative estimate of drug-likeness (QED) is 0.613. The molecule has 21 heavy (non-hydrogen) atoms. The Morgan fingerprint density at radius 3 is 2.67 bits per heavy atom. The molecule has 0 aromatic heterocycles. The first-order valence-electron chi connectivity index (χ1n) is 7.91. The van der Waals surface area contributed by atoms with Crippen molar-refractivity contribution in [3.05, 3.63) is 24.3 Å². The summed E-state index contributed by atoms with van der Waals surface area (Å²) in [7, 11) is 1.61. The van der Waals surface area contributed by atoms with Gasteiger partial charge >= 0.3 is 0 Å². The van der Waals surface area contributed by atoms with Gasteiger partial charge < -0.3 is 15.4 Å². The van der Waals surface area contributed by atoms with Crippen LogP contribution in [0.3, 0.4) is 0 Å². The number of unbranched alkanes of at least 4 members (excludes halogenated alkanes) is 5. The minimum Gasteiger partial charge on any atom is -0.497 e. The number of hydrogen-bond acceptors (Lipinski definition) is 3. The maximum atomic E-state index is 11.8. The van der Waals surface area contributed by atoms with Crippen molar-refractivity contribution >= 4 is 11.6 Å². The summed E-state index contributed by atoms with van der Waals surface area (Å²) in [5.74, 6) is 0.724. The van der Waals surface area contributed by atoms with Crippen LogP contribution in [0.2, 0.25) is 0 Å². The fourth-order valence-electron chi connectivity index (χ4n) is 2.14. The van der Waals surface area contributed by atoms with E-state index < -0.39 is 0 Å². The zero-order valence-corrected chi connectivity index (χ0v) is 13.3. The van der Waals surface area contributed by atoms with Crippen LogP contribution in [0, 0.1) is 0 Å². The van der Waals surface area contributed by atoms with Gasteiger partial charge in [-0.2, -0.15) is 0 Å². The lowest BCUT2D eigenvalue weighted by atomic mass is 10.1. The third-order valence-corrected chi connectivity index (χ3v) is 3.35. The Labute approximate surface area is 128 Å². The van der Waals surface area contributed by atoms with Crippen molar-refractivity contribution in [2.45, 2.75) is 45.4 Å². The molecule has 0 atom stereocenters. The Balaban J connectivity index is 2.08. The molecule has 0 saturated heterocycles. The molecule has 0 heterocycles. The second-order valence-electron chi connectivity index (χ2n) is 5.22. The van der Waals surface area contributed by atoms with Gasteiger partial charge in [-0.1, -0.05) is 45.1 Å². The Morgan fingerprint density at radius 2 is 1.90 bits per heavy atom. The average molecular weight is 292 g/mol. The zero-order chi connectivity index (χ0) is 15.3. The molecule has 0 saturated carbocycles. The molecule has 0 unspecified atom stereocenters. The molecule has 1 amide bonds. The molecule has 1 rings (SSSR count). The van der Waals surface area contributed by atoms with Crippen LogP contribution in [-0.2, 0) is 4.79 Å². The van der Waals surface area contributed by atoms with Crippen molar-refractivity contribution in [3.63, 3.8) is 0 Å². The Bertz CT molecular complexity index is 408. The molecule has 1 aromatic carbocycles. The molecule has 118 valence electrons. The Morgan fingerprint density at radius 1 is 1.14 bits per heavy atom. The second-order valence-corrected chi connectivity index (χ2v) is 5.22. The summed E-state index contributed by atoms with van der Waals surface area (Å²) >= 11 is 0. The largest absolute Gasteiger partial charge is 0.497 e. The van der Waals surface area contributed by atoms with Gasteiger partial charge in [0.25, 0.3) is 0 Å². The monoisotopic (exact) mass is 292 g/mol. The number of hydrogen-bond donors (Lipinski definition) is 2. The molecule has 0 fully saturated rings. The number of methoxy groups -OCH3 is 1. The highest BCUT2D eigenvalue weighted by molar-refractivity contribution is 5.92. The van der Waals surface area contributed by atoms with Gasteiger partial charge in [-0.15, -0.1) is 0 Å². The third-order valence-electron chi connectivity index (χ3n) is 3.35. The van der Waals surface area contributed by atoms with Crippen LogP contribution in [0.1, 0.15) is 45.4 Å². The highest BCUT2D eigenvalue weighted by atomic mass is 16.5. The molecule has 0 aliphatic rings. The van der Waals surface area contributed by atoms with Crippen molar-refractivity contribution in [2.75, 3.05) is 25.5 Å². The predicted molar refractivity (Wildman–Crippen MR) is 87.9 cm³/mol. The molecule has 0 radical (unpaired) electrons. The number of anilines is 1. The van der Waals surface area contributed by atoms with Gasteiger partial charge in [-0.25, -0.2) is 0 Å². The molecule has 4 heteroatoms. The van der Waals surface area contributed by atoms with Crippen molar-refractivity contribution in [3.8, 4) is 5.75 Å². The molecule has 0 aliphatic carbocycles. The maximum Gasteiger partial charge on any atom is 0.238 e. The second kappa shape index (κ2) is 11.1. The zero-order valence-electron chi connectivity index (χ0n) is 13.3. The number of rotatable bonds is 11. The summed E-state index contributed by atoms with van der Waals surface area (Å²) < 4.78 is 5.12. The number of ether oxygens (including phenoxy) is 1. The van der Waals surface area contributed by atoms with Crippen molar-refractivity contribution in [1.82, 2.24) is 5.32 Å². The van der Waals surface area contributed by atoms with Gasteiger partial charge in [0.05, 0.1) is 13.7 Å². The highest BCUT2D eigenvalue weighted by Gasteiger charge is 2.02. The average Bonchev–Trinajstić information content (AvgIpc) is 2.50. The predicted octanol–water partition coefficient (Wildman–Crippen LogP) is 3.58. The molecular weight excluding hydrogens is 264 g/mol. The number of carbonyl (C=O) groups excluding carboxylic acids is 1. The normalized spacial score (nSPS) is 10.4. The van der Waals surface area contributed by atoms with E-state index in [4.69, 9.17) is 4.74 Å². The lowest BCUT2D eigenvalue weighted by Crippen LogP contribution is -2.28. The van der Waals surface area contributed by atoms with E-state index >= 15 is 0 Å². The lowest BCUT2D eigenvalue weighted by molar-refractivity contribution is -0.115. The van der Waals surface area contributed by atoms with E-state index in [1.807, 2.05) is 24.3 Å². The van der Waals surface area contributed by atoms with Crippen LogP contribution >= 0.6 is 0 Å². The minimum atomic E-state index is -0.0192. The summed E-state index contributed by atoms with van der Waals surface area (Å²) in [5, 5.41) is 6.04. The van der Waals surface area contributed by atoms with Crippen LogP contribution in [-0.4, -0.2) is 26.1 Å². The fraction of sp³-hybridized carbons (Fsp3) is 0.588. The molecular formula is C17H28N2O2. The SMILES string of the molecule is CCCCCCCCNCC(=O)Nc1cccc(OC)c1. The first-order chi connectivity index (χ1) is 10.3. The van der Waals surface area contributed by atoms with Crippen molar-refractivity contribution in [2.24, 2.45) is 0 Å². The Kier molecular flexibility index (Phi) is 9.29. The van der Waals surface area contributed by atoms with E-state index in [9.17, 15) is 4.79 Å². The van der Waals surface area contributed by atoms with Gasteiger partial charge in [0, 0.05) is 11.8 Å². The van der Waals surface area contributed by atoms with Crippen LogP contribution in [0.5, 0.6) is 5.75 Å². The van der Waals surface area contributed by atoms with Crippen LogP contribution < -0.4 is 15.4 Å². The lowest BCUT2D eigenvalue weighted by Gasteiger charge is -2.08. The number of amides is 1. The maximum absolute atomic E-state index is 11.8. The first-order valence-corrected chi connectivity index (χ1v) is 7.91. The van der Waals surface area contributed by atoms with Crippen LogP contribution in [0.15, 0.2) is 24.3 Å². The summed E-state index contributed by atoms with van der Waals surface area (Å²) in [5.41, 5.74) is 0.765. The van der Waals surface area contributed by atoms with Crippen molar-refractivity contribution < 1.29 is 9.53 Å². The van der Waals surface area contributed by atoms with E-state index in [1.165, 1.54) is 32.1 Å². The fourth-order valence-corrected chi connectivity index (χ4v) is 2.14. The summed E-state index contributed by atoms with van der Waals surface area (Å²) in [6, 6.07) is 7.38. The van der Waals surface area contributed by atoms with Crippen LogP contribution in [0.4, 0.5) is 5.69 Å². The standard InChI is InChI=1S/C17H28N2O2/c1-3-4-5-6-7-8-12-18-14-17(20)19-15-10-9-11-16(13-15)21-2/h9-11,13,18H,3-8,12,14H2,1-2H3,(H,19,20). The Hall–Kier alpha value is -1.55. The van der Waals surface area contributed by atoms with E-state index in [0.29, 0.717) is 6.54 Å². The topological polar surface area (TPSA) is 50.4 Å². The third kappa shape index (κ3) is 8.35. The molecule has 0 spiro atoms. The van der Waals surface area contributed by atoms with Crippen molar-refractivity contribution in [1.29, 1.82) is 0 Å². The summed E-state index contributed by atoms with van der Waals surface area (Å²) in [4.78, 5) is 11.8. The van der Waals surface area contributed by atoms with E-state index in [0.717, 1.165) is 24.4 Å². The molecule has 0 aliphatic heterocycles. The van der Waals surface area contributed by atoms with Crippen LogP contribution in [0.25, 0.3) is 0 Å². The number of benzene rings is 1. The molecule has 1 aromatic rings. The van der Waals surface area contributed by atoms with Gasteiger partial charge in [0.15, 0.2) is 0 Å². The van der Waals surface area contributed by atoms with E-state index in [1.54, 1.807) is 7.11 Å². The highest BCUT2D eigenvalue weighted by Crippen LogP contribution is 2.16. The van der Waals surface area contributed by atoms with E-state index in [2.05, 4.69) is 17.6 Å². The molecule has 4 nitrogen and oxygen atoms in total.